The van der Waals surface area contributed by atoms with Gasteiger partial charge in [0.15, 0.2) is 0 Å². The molecule has 1 aromatic heterocycles. The summed E-state index contributed by atoms with van der Waals surface area (Å²) >= 11 is 6.97. The number of allylic oxidation sites excluding steroid dienone is 2. The Labute approximate surface area is 344 Å². The highest BCUT2D eigenvalue weighted by atomic mass is 35.5. The molecule has 2 saturated heterocycles. The molecule has 6 fully saturated rings. The van der Waals surface area contributed by atoms with Crippen molar-refractivity contribution in [1.82, 2.24) is 20.1 Å². The SMILES string of the molecule is NC(=O)[C@@H]1CC(Oc2cc(C3CC3)nc3c(Cl)c(OCCN4CCOCC4)ccc23)CN1C(=O)[C@H](CCCCC/C=C\[C@@H]1C[C@@H]1C(=O)O)NC(=O)O[C@@H]1C[C@@H]2C[C@@H]2C1. The zero-order valence-electron chi connectivity index (χ0n) is 33.0. The van der Waals surface area contributed by atoms with E-state index in [0.29, 0.717) is 84.3 Å². The van der Waals surface area contributed by atoms with Crippen LogP contribution in [0.3, 0.4) is 0 Å². The van der Waals surface area contributed by atoms with Crippen LogP contribution in [-0.2, 0) is 23.9 Å². The number of primary amides is 1. The van der Waals surface area contributed by atoms with E-state index in [4.69, 9.17) is 46.4 Å². The number of aromatic nitrogens is 1. The van der Waals surface area contributed by atoms with Crippen molar-refractivity contribution in [3.05, 3.63) is 41.1 Å². The summed E-state index contributed by atoms with van der Waals surface area (Å²) in [4.78, 5) is 60.2. The van der Waals surface area contributed by atoms with Crippen LogP contribution in [0.1, 0.15) is 88.7 Å². The van der Waals surface area contributed by atoms with Gasteiger partial charge in [-0.1, -0.05) is 36.6 Å². The van der Waals surface area contributed by atoms with Crippen molar-refractivity contribution in [2.75, 3.05) is 46.0 Å². The number of ether oxygens (including phenoxy) is 4. The fraction of sp³-hybridized carbons (Fsp3) is 0.651. The zero-order valence-corrected chi connectivity index (χ0v) is 33.8. The standard InChI is InChI=1S/C43H56ClN5O9/c44-38-36(56-17-14-48-12-15-55-16-13-48)11-10-31-37(23-34(25-8-9-25)46-39(31)38)57-30-22-35(40(45)50)49(24-30)41(51)33(47-43(54)58-29-19-27-18-28(27)20-29)7-5-3-1-2-4-6-26-21-32(26)42(52)53/h4,6,10-11,23,25-30,32-33,35H,1-3,5,7-9,12-22,24H2,(H2,45,50)(H,47,54)(H,52,53)/b6-4-/t26-,27-,28+,29+,30?,32+,33+,35+/m1/s1. The molecule has 2 aromatic rings. The van der Waals surface area contributed by atoms with Gasteiger partial charge in [-0.05, 0) is 87.7 Å². The monoisotopic (exact) mass is 821 g/mol. The number of rotatable bonds is 19. The molecule has 14 nitrogen and oxygen atoms in total. The van der Waals surface area contributed by atoms with Crippen molar-refractivity contribution in [3.63, 3.8) is 0 Å². The Hall–Kier alpha value is -4.14. The molecule has 0 radical (unpaired) electrons. The van der Waals surface area contributed by atoms with E-state index in [-0.39, 0.29) is 30.9 Å². The van der Waals surface area contributed by atoms with Gasteiger partial charge in [-0.3, -0.25) is 24.3 Å². The average Bonchev–Trinajstić information content (AvgIpc) is 4.16. The van der Waals surface area contributed by atoms with Crippen LogP contribution in [0.4, 0.5) is 4.79 Å². The van der Waals surface area contributed by atoms with Crippen molar-refractivity contribution >= 4 is 46.4 Å². The molecule has 0 spiro atoms. The maximum absolute atomic E-state index is 14.3. The van der Waals surface area contributed by atoms with Crippen LogP contribution >= 0.6 is 11.6 Å². The van der Waals surface area contributed by atoms with Gasteiger partial charge in [0.1, 0.15) is 47.4 Å². The van der Waals surface area contributed by atoms with E-state index in [1.165, 1.54) is 11.3 Å². The second-order valence-corrected chi connectivity index (χ2v) is 17.5. The summed E-state index contributed by atoms with van der Waals surface area (Å²) in [5.74, 6) is 0.746. The Kier molecular flexibility index (Phi) is 12.6. The van der Waals surface area contributed by atoms with E-state index >= 15 is 0 Å². The number of carboxylic acids is 1. The van der Waals surface area contributed by atoms with E-state index in [9.17, 15) is 19.2 Å². The number of nitrogens with one attached hydrogen (secondary N) is 1. The van der Waals surface area contributed by atoms with Gasteiger partial charge in [-0.2, -0.15) is 0 Å². The highest BCUT2D eigenvalue weighted by Crippen LogP contribution is 2.52. The maximum atomic E-state index is 14.3. The molecule has 1 unspecified atom stereocenters. The van der Waals surface area contributed by atoms with E-state index in [1.807, 2.05) is 30.4 Å². The Balaban J connectivity index is 0.928. The molecule has 8 atom stereocenters. The highest BCUT2D eigenvalue weighted by molar-refractivity contribution is 6.36. The molecule has 3 amide bonds. The molecule has 4 N–H and O–H groups in total. The molecule has 2 aliphatic heterocycles. The number of carboxylic acid groups (broad SMARTS) is 1. The molecule has 58 heavy (non-hydrogen) atoms. The number of unbranched alkanes of at least 4 members (excludes halogenated alkanes) is 3. The number of carbonyl (C=O) groups is 4. The van der Waals surface area contributed by atoms with Gasteiger partial charge in [0, 0.05) is 49.1 Å². The summed E-state index contributed by atoms with van der Waals surface area (Å²) in [6, 6.07) is 3.83. The molecule has 6 aliphatic rings. The molecule has 1 aromatic carbocycles. The number of hydrogen-bond acceptors (Lipinski definition) is 10. The van der Waals surface area contributed by atoms with E-state index in [1.54, 1.807) is 0 Å². The minimum atomic E-state index is -0.923. The van der Waals surface area contributed by atoms with Gasteiger partial charge in [0.2, 0.25) is 11.8 Å². The molecule has 0 bridgehead atoms. The Morgan fingerprint density at radius 3 is 2.53 bits per heavy atom. The lowest BCUT2D eigenvalue weighted by atomic mass is 10.0. The average molecular weight is 822 g/mol. The van der Waals surface area contributed by atoms with Gasteiger partial charge in [-0.15, -0.1) is 0 Å². The number of halogens is 1. The third kappa shape index (κ3) is 9.99. The number of benzene rings is 1. The first-order valence-electron chi connectivity index (χ1n) is 21.3. The van der Waals surface area contributed by atoms with E-state index < -0.39 is 42.1 Å². The first kappa shape index (κ1) is 40.6. The first-order valence-corrected chi connectivity index (χ1v) is 21.7. The smallest absolute Gasteiger partial charge is 0.408 e. The summed E-state index contributed by atoms with van der Waals surface area (Å²) in [5, 5.41) is 13.1. The minimum Gasteiger partial charge on any atom is -0.491 e. The van der Waals surface area contributed by atoms with Gasteiger partial charge in [0.05, 0.1) is 31.2 Å². The predicted octanol–water partition coefficient (Wildman–Crippen LogP) is 5.43. The van der Waals surface area contributed by atoms with Gasteiger partial charge in [-0.25, -0.2) is 4.79 Å². The highest BCUT2D eigenvalue weighted by Gasteiger charge is 2.48. The number of morpholine rings is 1. The van der Waals surface area contributed by atoms with Crippen LogP contribution in [0, 0.1) is 23.7 Å². The number of hydrogen-bond donors (Lipinski definition) is 3. The quantitative estimate of drug-likeness (QED) is 0.121. The molecule has 4 aliphatic carbocycles. The van der Waals surface area contributed by atoms with Crippen LogP contribution < -0.4 is 20.5 Å². The third-order valence-corrected chi connectivity index (χ3v) is 13.1. The largest absolute Gasteiger partial charge is 0.491 e. The van der Waals surface area contributed by atoms with E-state index in [2.05, 4.69) is 10.2 Å². The van der Waals surface area contributed by atoms with Gasteiger partial charge in [0.25, 0.3) is 0 Å². The fourth-order valence-electron chi connectivity index (χ4n) is 9.02. The van der Waals surface area contributed by atoms with Crippen molar-refractivity contribution in [1.29, 1.82) is 0 Å². The number of likely N-dealkylation sites (tertiary alicyclic amines) is 1. The number of pyridine rings is 1. The second-order valence-electron chi connectivity index (χ2n) is 17.1. The van der Waals surface area contributed by atoms with Crippen molar-refractivity contribution in [3.8, 4) is 11.5 Å². The summed E-state index contributed by atoms with van der Waals surface area (Å²) in [5.41, 5.74) is 7.38. The summed E-state index contributed by atoms with van der Waals surface area (Å²) < 4.78 is 24.0. The zero-order chi connectivity index (χ0) is 40.3. The summed E-state index contributed by atoms with van der Waals surface area (Å²) in [6.07, 6.45) is 12.0. The number of nitrogens with zero attached hydrogens (tertiary/aromatic N) is 3. The van der Waals surface area contributed by atoms with Crippen LogP contribution in [0.15, 0.2) is 30.4 Å². The van der Waals surface area contributed by atoms with Crippen LogP contribution in [0.25, 0.3) is 10.9 Å². The topological polar surface area (TPSA) is 183 Å². The number of amides is 3. The van der Waals surface area contributed by atoms with Crippen molar-refractivity contribution < 1.29 is 43.2 Å². The maximum Gasteiger partial charge on any atom is 0.408 e. The van der Waals surface area contributed by atoms with Crippen LogP contribution in [0.2, 0.25) is 5.02 Å². The number of carbonyl (C=O) groups excluding carboxylic acids is 3. The lowest BCUT2D eigenvalue weighted by molar-refractivity contribution is -0.139. The molecular weight excluding hydrogens is 766 g/mol. The molecule has 4 saturated carbocycles. The lowest BCUT2D eigenvalue weighted by Gasteiger charge is -2.28. The minimum absolute atomic E-state index is 0.105. The number of alkyl carbamates (subject to hydrolysis) is 1. The second kappa shape index (κ2) is 18.0. The van der Waals surface area contributed by atoms with Crippen molar-refractivity contribution in [2.45, 2.75) is 107 Å². The Bertz CT molecular complexity index is 1880. The first-order chi connectivity index (χ1) is 28.1. The molecule has 3 heterocycles. The third-order valence-electron chi connectivity index (χ3n) is 12.8. The normalized spacial score (nSPS) is 28.3. The Morgan fingerprint density at radius 2 is 1.81 bits per heavy atom. The predicted molar refractivity (Wildman–Crippen MR) is 215 cm³/mol. The molecular formula is C43H56ClN5O9. The Morgan fingerprint density at radius 1 is 1.02 bits per heavy atom. The van der Waals surface area contributed by atoms with Gasteiger partial charge >= 0.3 is 12.1 Å². The molecule has 8 rings (SSSR count). The molecule has 15 heteroatoms. The molecule has 314 valence electrons. The summed E-state index contributed by atoms with van der Waals surface area (Å²) in [6.45, 7) is 4.50. The fourth-order valence-corrected chi connectivity index (χ4v) is 9.28. The van der Waals surface area contributed by atoms with Gasteiger partial charge < -0.3 is 40.0 Å². The van der Waals surface area contributed by atoms with Crippen molar-refractivity contribution in [2.24, 2.45) is 29.4 Å². The number of nitrogens with two attached hydrogens (primary N) is 1. The number of fused-ring (bicyclic) bond motifs is 2. The number of aliphatic carboxylic acids is 1. The van der Waals surface area contributed by atoms with E-state index in [0.717, 1.165) is 70.3 Å². The van der Waals surface area contributed by atoms with Crippen LogP contribution in [0.5, 0.6) is 11.5 Å². The summed E-state index contributed by atoms with van der Waals surface area (Å²) in [7, 11) is 0. The van der Waals surface area contributed by atoms with Crippen LogP contribution in [-0.4, -0.2) is 114 Å². The lowest BCUT2D eigenvalue weighted by Crippen LogP contribution is -2.53.